The zero-order chi connectivity index (χ0) is 10.8. The van der Waals surface area contributed by atoms with Crippen molar-refractivity contribution >= 4 is 10.0 Å². The molecule has 0 aromatic carbocycles. The normalized spacial score (nSPS) is 11.9. The lowest BCUT2D eigenvalue weighted by molar-refractivity contribution is 0.513. The van der Waals surface area contributed by atoms with E-state index in [9.17, 15) is 8.42 Å². The first-order valence-corrected chi connectivity index (χ1v) is 6.07. The van der Waals surface area contributed by atoms with E-state index in [-0.39, 0.29) is 5.03 Å². The summed E-state index contributed by atoms with van der Waals surface area (Å²) in [6, 6.07) is 1.49. The second-order valence-electron chi connectivity index (χ2n) is 3.25. The molecule has 2 N–H and O–H groups in total. The lowest BCUT2D eigenvalue weighted by Crippen LogP contribution is -2.18. The van der Waals surface area contributed by atoms with E-state index in [2.05, 4.69) is 5.10 Å². The number of nitrogens with zero attached hydrogens (tertiary/aromatic N) is 2. The maximum Gasteiger partial charge on any atom is 0.255 e. The Hall–Kier alpha value is -0.880. The van der Waals surface area contributed by atoms with Crippen molar-refractivity contribution in [3.8, 4) is 0 Å². The average Bonchev–Trinajstić information content (AvgIpc) is 2.42. The van der Waals surface area contributed by atoms with Gasteiger partial charge in [-0.3, -0.25) is 4.68 Å². The van der Waals surface area contributed by atoms with Crippen LogP contribution in [0.3, 0.4) is 0 Å². The standard InChI is InChI=1S/C8H15N3O2S/c1-3-4-5-11-8(14(9,12)13)6-7(2)10-11/h6H,3-5H2,1-2H3,(H2,9,12,13). The summed E-state index contributed by atoms with van der Waals surface area (Å²) in [6.45, 7) is 4.38. The molecule has 80 valence electrons. The summed E-state index contributed by atoms with van der Waals surface area (Å²) in [4.78, 5) is 0. The van der Waals surface area contributed by atoms with Gasteiger partial charge >= 0.3 is 0 Å². The number of hydrogen-bond donors (Lipinski definition) is 1. The van der Waals surface area contributed by atoms with E-state index in [1.807, 2.05) is 6.92 Å². The number of aryl methyl sites for hydroxylation is 2. The molecule has 0 saturated carbocycles. The van der Waals surface area contributed by atoms with Gasteiger partial charge in [0.2, 0.25) is 0 Å². The minimum absolute atomic E-state index is 0.100. The number of unbranched alkanes of at least 4 members (excludes halogenated alkanes) is 1. The molecule has 1 heterocycles. The molecule has 0 amide bonds. The third-order valence-electron chi connectivity index (χ3n) is 1.88. The molecule has 0 unspecified atom stereocenters. The van der Waals surface area contributed by atoms with Gasteiger partial charge in [-0.15, -0.1) is 0 Å². The van der Waals surface area contributed by atoms with Crippen LogP contribution in [0.25, 0.3) is 0 Å². The maximum absolute atomic E-state index is 11.1. The molecule has 5 nitrogen and oxygen atoms in total. The van der Waals surface area contributed by atoms with Crippen LogP contribution in [-0.4, -0.2) is 18.2 Å². The highest BCUT2D eigenvalue weighted by Crippen LogP contribution is 2.10. The summed E-state index contributed by atoms with van der Waals surface area (Å²) in [5.74, 6) is 0. The highest BCUT2D eigenvalue weighted by atomic mass is 32.2. The molecular formula is C8H15N3O2S. The number of nitrogens with two attached hydrogens (primary N) is 1. The number of primary sulfonamides is 1. The largest absolute Gasteiger partial charge is 0.255 e. The van der Waals surface area contributed by atoms with Crippen LogP contribution < -0.4 is 5.14 Å². The fourth-order valence-corrected chi connectivity index (χ4v) is 1.98. The first kappa shape index (κ1) is 11.2. The first-order chi connectivity index (χ1) is 6.45. The van der Waals surface area contributed by atoms with Gasteiger partial charge < -0.3 is 0 Å². The van der Waals surface area contributed by atoms with E-state index in [0.29, 0.717) is 12.2 Å². The summed E-state index contributed by atoms with van der Waals surface area (Å²) in [5, 5.41) is 9.23. The molecule has 1 aromatic rings. The molecule has 0 aliphatic rings. The van der Waals surface area contributed by atoms with Crippen LogP contribution in [0.1, 0.15) is 25.5 Å². The second kappa shape index (κ2) is 4.10. The molecular weight excluding hydrogens is 202 g/mol. The minimum atomic E-state index is -3.64. The lowest BCUT2D eigenvalue weighted by Gasteiger charge is -2.03. The zero-order valence-electron chi connectivity index (χ0n) is 8.40. The molecule has 0 radical (unpaired) electrons. The molecule has 0 aliphatic heterocycles. The van der Waals surface area contributed by atoms with Gasteiger partial charge in [0, 0.05) is 6.54 Å². The van der Waals surface area contributed by atoms with Crippen LogP contribution in [0.4, 0.5) is 0 Å². The van der Waals surface area contributed by atoms with Gasteiger partial charge in [0.1, 0.15) is 0 Å². The van der Waals surface area contributed by atoms with Crippen molar-refractivity contribution in [1.82, 2.24) is 9.78 Å². The van der Waals surface area contributed by atoms with Crippen LogP contribution in [-0.2, 0) is 16.6 Å². The van der Waals surface area contributed by atoms with E-state index >= 15 is 0 Å². The summed E-state index contributed by atoms with van der Waals surface area (Å²) in [7, 11) is -3.64. The predicted octanol–water partition coefficient (Wildman–Crippen LogP) is 0.639. The molecule has 0 saturated heterocycles. The summed E-state index contributed by atoms with van der Waals surface area (Å²) in [5.41, 5.74) is 0.671. The second-order valence-corrected chi connectivity index (χ2v) is 4.75. The van der Waals surface area contributed by atoms with E-state index in [0.717, 1.165) is 12.8 Å². The quantitative estimate of drug-likeness (QED) is 0.803. The smallest absolute Gasteiger partial charge is 0.253 e. The van der Waals surface area contributed by atoms with Gasteiger partial charge in [-0.2, -0.15) is 5.10 Å². The van der Waals surface area contributed by atoms with Crippen molar-refractivity contribution in [3.63, 3.8) is 0 Å². The van der Waals surface area contributed by atoms with Crippen molar-refractivity contribution in [3.05, 3.63) is 11.8 Å². The number of hydrogen-bond acceptors (Lipinski definition) is 3. The van der Waals surface area contributed by atoms with E-state index in [4.69, 9.17) is 5.14 Å². The van der Waals surface area contributed by atoms with Crippen molar-refractivity contribution in [2.75, 3.05) is 0 Å². The Morgan fingerprint density at radius 2 is 2.21 bits per heavy atom. The molecule has 0 aliphatic carbocycles. The van der Waals surface area contributed by atoms with Gasteiger partial charge in [-0.25, -0.2) is 13.6 Å². The topological polar surface area (TPSA) is 78.0 Å². The van der Waals surface area contributed by atoms with Gasteiger partial charge in [0.05, 0.1) is 5.69 Å². The Morgan fingerprint density at radius 1 is 1.57 bits per heavy atom. The first-order valence-electron chi connectivity index (χ1n) is 4.52. The van der Waals surface area contributed by atoms with E-state index in [1.54, 1.807) is 6.92 Å². The molecule has 14 heavy (non-hydrogen) atoms. The van der Waals surface area contributed by atoms with Crippen LogP contribution in [0.2, 0.25) is 0 Å². The van der Waals surface area contributed by atoms with Crippen molar-refractivity contribution in [2.24, 2.45) is 5.14 Å². The Balaban J connectivity index is 3.04. The van der Waals surface area contributed by atoms with Crippen molar-refractivity contribution in [2.45, 2.75) is 38.3 Å². The fraction of sp³-hybridized carbons (Fsp3) is 0.625. The maximum atomic E-state index is 11.1. The van der Waals surface area contributed by atoms with Crippen LogP contribution in [0, 0.1) is 6.92 Å². The third-order valence-corrected chi connectivity index (χ3v) is 2.79. The highest BCUT2D eigenvalue weighted by Gasteiger charge is 2.15. The highest BCUT2D eigenvalue weighted by molar-refractivity contribution is 7.89. The van der Waals surface area contributed by atoms with E-state index in [1.165, 1.54) is 10.7 Å². The van der Waals surface area contributed by atoms with Crippen molar-refractivity contribution < 1.29 is 8.42 Å². The number of rotatable bonds is 4. The molecule has 6 heteroatoms. The average molecular weight is 217 g/mol. The van der Waals surface area contributed by atoms with Crippen LogP contribution in [0.15, 0.2) is 11.1 Å². The van der Waals surface area contributed by atoms with E-state index < -0.39 is 10.0 Å². The summed E-state index contributed by atoms with van der Waals surface area (Å²) in [6.07, 6.45) is 1.88. The predicted molar refractivity (Wildman–Crippen MR) is 53.2 cm³/mol. The minimum Gasteiger partial charge on any atom is -0.253 e. The molecule has 0 atom stereocenters. The lowest BCUT2D eigenvalue weighted by atomic mass is 10.3. The summed E-state index contributed by atoms with van der Waals surface area (Å²) < 4.78 is 23.7. The Labute approximate surface area is 84.0 Å². The van der Waals surface area contributed by atoms with Gasteiger partial charge in [0.25, 0.3) is 10.0 Å². The number of sulfonamides is 1. The molecule has 0 fully saturated rings. The van der Waals surface area contributed by atoms with Crippen LogP contribution in [0.5, 0.6) is 0 Å². The SMILES string of the molecule is CCCCn1nc(C)cc1S(N)(=O)=O. The monoisotopic (exact) mass is 217 g/mol. The Kier molecular flexibility index (Phi) is 3.28. The zero-order valence-corrected chi connectivity index (χ0v) is 9.21. The molecule has 1 rings (SSSR count). The van der Waals surface area contributed by atoms with Crippen molar-refractivity contribution in [1.29, 1.82) is 0 Å². The third kappa shape index (κ3) is 2.55. The number of aromatic nitrogens is 2. The molecule has 0 bridgehead atoms. The van der Waals surface area contributed by atoms with Gasteiger partial charge in [-0.05, 0) is 19.4 Å². The molecule has 1 aromatic heterocycles. The Bertz CT molecular complexity index is 408. The summed E-state index contributed by atoms with van der Waals surface area (Å²) >= 11 is 0. The molecule has 0 spiro atoms. The fourth-order valence-electron chi connectivity index (χ4n) is 1.22. The van der Waals surface area contributed by atoms with Gasteiger partial charge in [-0.1, -0.05) is 13.3 Å². The Morgan fingerprint density at radius 3 is 2.71 bits per heavy atom. The van der Waals surface area contributed by atoms with Crippen LogP contribution >= 0.6 is 0 Å². The van der Waals surface area contributed by atoms with Gasteiger partial charge in [0.15, 0.2) is 5.03 Å².